The van der Waals surface area contributed by atoms with Crippen molar-refractivity contribution in [3.8, 4) is 0 Å². The lowest BCUT2D eigenvalue weighted by Crippen LogP contribution is -2.14. The Morgan fingerprint density at radius 2 is 2.17 bits per heavy atom. The van der Waals surface area contributed by atoms with Crippen LogP contribution < -0.4 is 11.1 Å². The third-order valence-corrected chi connectivity index (χ3v) is 2.97. The van der Waals surface area contributed by atoms with E-state index in [4.69, 9.17) is 28.9 Å². The lowest BCUT2D eigenvalue weighted by atomic mass is 10.2. The number of rotatable bonds is 2. The zero-order chi connectivity index (χ0) is 13.3. The van der Waals surface area contributed by atoms with Crippen LogP contribution in [0.15, 0.2) is 24.4 Å². The number of nitrogens with two attached hydrogens (primary N) is 1. The quantitative estimate of drug-likeness (QED) is 0.890. The van der Waals surface area contributed by atoms with Crippen molar-refractivity contribution >= 4 is 40.6 Å². The van der Waals surface area contributed by atoms with E-state index in [1.54, 1.807) is 25.2 Å². The molecule has 3 N–H and O–H groups in total. The van der Waals surface area contributed by atoms with Crippen LogP contribution in [0.1, 0.15) is 10.4 Å². The Morgan fingerprint density at radius 1 is 1.44 bits per heavy atom. The van der Waals surface area contributed by atoms with Crippen LogP contribution in [0, 0.1) is 0 Å². The fourth-order valence-corrected chi connectivity index (χ4v) is 1.74. The minimum atomic E-state index is -0.384. The molecule has 1 amide bonds. The summed E-state index contributed by atoms with van der Waals surface area (Å²) in [5, 5.41) is 7.40. The van der Waals surface area contributed by atoms with Crippen molar-refractivity contribution in [2.24, 2.45) is 7.05 Å². The van der Waals surface area contributed by atoms with Gasteiger partial charge >= 0.3 is 0 Å². The number of halogens is 2. The van der Waals surface area contributed by atoms with Gasteiger partial charge < -0.3 is 11.1 Å². The van der Waals surface area contributed by atoms with Crippen LogP contribution in [-0.4, -0.2) is 15.7 Å². The molecule has 2 aromatic rings. The molecule has 0 saturated heterocycles. The predicted molar refractivity (Wildman–Crippen MR) is 72.0 cm³/mol. The molecule has 0 aliphatic carbocycles. The number of hydrogen-bond donors (Lipinski definition) is 2. The van der Waals surface area contributed by atoms with E-state index in [-0.39, 0.29) is 17.3 Å². The summed E-state index contributed by atoms with van der Waals surface area (Å²) in [6, 6.07) is 4.80. The van der Waals surface area contributed by atoms with Crippen LogP contribution in [0.25, 0.3) is 0 Å². The van der Waals surface area contributed by atoms with E-state index in [2.05, 4.69) is 10.4 Å². The smallest absolute Gasteiger partial charge is 0.261 e. The van der Waals surface area contributed by atoms with E-state index in [9.17, 15) is 4.79 Å². The molecule has 0 spiro atoms. The van der Waals surface area contributed by atoms with E-state index < -0.39 is 0 Å². The molecule has 0 aliphatic heterocycles. The van der Waals surface area contributed by atoms with Crippen molar-refractivity contribution in [3.05, 3.63) is 40.0 Å². The summed E-state index contributed by atoms with van der Waals surface area (Å²) >= 11 is 11.8. The minimum absolute atomic E-state index is 0.283. The summed E-state index contributed by atoms with van der Waals surface area (Å²) in [6.45, 7) is 0. The first kappa shape index (κ1) is 12.7. The fourth-order valence-electron chi connectivity index (χ4n) is 1.40. The number of hydrogen-bond acceptors (Lipinski definition) is 3. The third kappa shape index (κ3) is 2.42. The van der Waals surface area contributed by atoms with Gasteiger partial charge in [0.05, 0.1) is 16.9 Å². The molecule has 94 valence electrons. The van der Waals surface area contributed by atoms with Crippen molar-refractivity contribution in [1.82, 2.24) is 9.78 Å². The Hall–Kier alpha value is -1.72. The molecule has 1 heterocycles. The molecule has 0 saturated carbocycles. The Labute approximate surface area is 113 Å². The number of anilines is 2. The number of carbonyl (C=O) groups is 1. The summed E-state index contributed by atoms with van der Waals surface area (Å²) in [5.41, 5.74) is 6.42. The standard InChI is InChI=1S/C11H10Cl2N4O/c1-17-10(14)7(5-15-17)11(18)16-9-4-6(12)2-3-8(9)13/h2-5H,14H2,1H3,(H,16,18). The lowest BCUT2D eigenvalue weighted by Gasteiger charge is -2.07. The number of aromatic nitrogens is 2. The molecule has 5 nitrogen and oxygen atoms in total. The lowest BCUT2D eigenvalue weighted by molar-refractivity contribution is 0.102. The molecule has 0 bridgehead atoms. The normalized spacial score (nSPS) is 10.4. The number of amides is 1. The molecule has 0 atom stereocenters. The maximum Gasteiger partial charge on any atom is 0.261 e. The number of carbonyl (C=O) groups excluding carboxylic acids is 1. The van der Waals surface area contributed by atoms with Crippen molar-refractivity contribution in [1.29, 1.82) is 0 Å². The molecule has 18 heavy (non-hydrogen) atoms. The van der Waals surface area contributed by atoms with Gasteiger partial charge in [-0.3, -0.25) is 9.48 Å². The second-order valence-corrected chi connectivity index (χ2v) is 4.49. The van der Waals surface area contributed by atoms with E-state index in [0.717, 1.165) is 0 Å². The van der Waals surface area contributed by atoms with E-state index >= 15 is 0 Å². The number of nitrogen functional groups attached to an aromatic ring is 1. The molecular weight excluding hydrogens is 275 g/mol. The monoisotopic (exact) mass is 284 g/mol. The second-order valence-electron chi connectivity index (χ2n) is 3.65. The summed E-state index contributed by atoms with van der Waals surface area (Å²) < 4.78 is 1.41. The van der Waals surface area contributed by atoms with Crippen LogP contribution >= 0.6 is 23.2 Å². The van der Waals surface area contributed by atoms with Crippen LogP contribution in [0.4, 0.5) is 11.5 Å². The zero-order valence-corrected chi connectivity index (χ0v) is 11.0. The molecule has 2 rings (SSSR count). The SMILES string of the molecule is Cn1ncc(C(=O)Nc2cc(Cl)ccc2Cl)c1N. The fraction of sp³-hybridized carbons (Fsp3) is 0.0909. The van der Waals surface area contributed by atoms with Crippen LogP contribution in [0.5, 0.6) is 0 Å². The average Bonchev–Trinajstić information content (AvgIpc) is 2.65. The van der Waals surface area contributed by atoms with Crippen molar-refractivity contribution in [3.63, 3.8) is 0 Å². The summed E-state index contributed by atoms with van der Waals surface area (Å²) in [6.07, 6.45) is 1.39. The van der Waals surface area contributed by atoms with Crippen molar-refractivity contribution in [2.45, 2.75) is 0 Å². The summed E-state index contributed by atoms with van der Waals surface area (Å²) in [7, 11) is 1.65. The summed E-state index contributed by atoms with van der Waals surface area (Å²) in [4.78, 5) is 12.0. The maximum atomic E-state index is 12.0. The highest BCUT2D eigenvalue weighted by molar-refractivity contribution is 6.35. The van der Waals surface area contributed by atoms with Gasteiger partial charge in [-0.25, -0.2) is 0 Å². The van der Waals surface area contributed by atoms with Gasteiger partial charge in [0.25, 0.3) is 5.91 Å². The minimum Gasteiger partial charge on any atom is -0.383 e. The molecule has 1 aromatic carbocycles. The van der Waals surface area contributed by atoms with Gasteiger partial charge in [-0.05, 0) is 18.2 Å². The largest absolute Gasteiger partial charge is 0.383 e. The van der Waals surface area contributed by atoms with Crippen LogP contribution in [0.3, 0.4) is 0 Å². The van der Waals surface area contributed by atoms with Gasteiger partial charge in [0.15, 0.2) is 0 Å². The first-order valence-electron chi connectivity index (χ1n) is 5.03. The highest BCUT2D eigenvalue weighted by Gasteiger charge is 2.15. The zero-order valence-electron chi connectivity index (χ0n) is 9.45. The highest BCUT2D eigenvalue weighted by Crippen LogP contribution is 2.26. The van der Waals surface area contributed by atoms with Gasteiger partial charge in [0.2, 0.25) is 0 Å². The van der Waals surface area contributed by atoms with Crippen LogP contribution in [0.2, 0.25) is 10.0 Å². The average molecular weight is 285 g/mol. The van der Waals surface area contributed by atoms with Gasteiger partial charge in [-0.15, -0.1) is 0 Å². The summed E-state index contributed by atoms with van der Waals surface area (Å²) in [5.74, 6) is -0.101. The molecule has 7 heteroatoms. The van der Waals surface area contributed by atoms with Gasteiger partial charge in [0, 0.05) is 12.1 Å². The molecule has 0 radical (unpaired) electrons. The number of benzene rings is 1. The predicted octanol–water partition coefficient (Wildman–Crippen LogP) is 2.56. The van der Waals surface area contributed by atoms with Gasteiger partial charge in [-0.1, -0.05) is 23.2 Å². The molecule has 1 aromatic heterocycles. The van der Waals surface area contributed by atoms with E-state index in [1.165, 1.54) is 10.9 Å². The Bertz CT molecular complexity index is 609. The van der Waals surface area contributed by atoms with Crippen LogP contribution in [-0.2, 0) is 7.05 Å². The van der Waals surface area contributed by atoms with Crippen molar-refractivity contribution < 1.29 is 4.79 Å². The Morgan fingerprint density at radius 3 is 2.78 bits per heavy atom. The first-order valence-corrected chi connectivity index (χ1v) is 5.78. The third-order valence-electron chi connectivity index (χ3n) is 2.41. The maximum absolute atomic E-state index is 12.0. The first-order chi connectivity index (χ1) is 8.49. The van der Waals surface area contributed by atoms with Gasteiger partial charge in [-0.2, -0.15) is 5.10 Å². The second kappa shape index (κ2) is 4.88. The van der Waals surface area contributed by atoms with Crippen molar-refractivity contribution in [2.75, 3.05) is 11.1 Å². The number of aryl methyl sites for hydroxylation is 1. The van der Waals surface area contributed by atoms with E-state index in [1.807, 2.05) is 0 Å². The van der Waals surface area contributed by atoms with Gasteiger partial charge in [0.1, 0.15) is 11.4 Å². The topological polar surface area (TPSA) is 72.9 Å². The highest BCUT2D eigenvalue weighted by atomic mass is 35.5. The molecule has 0 aliphatic rings. The Kier molecular flexibility index (Phi) is 3.45. The molecule has 0 fully saturated rings. The molecular formula is C11H10Cl2N4O. The number of nitrogens with one attached hydrogen (secondary N) is 1. The van der Waals surface area contributed by atoms with E-state index in [0.29, 0.717) is 15.7 Å². The number of nitrogens with zero attached hydrogens (tertiary/aromatic N) is 2. The molecule has 0 unspecified atom stereocenters. The Balaban J connectivity index is 2.27.